The molecule has 142 valence electrons. The zero-order valence-corrected chi connectivity index (χ0v) is 15.9. The van der Waals surface area contributed by atoms with E-state index in [1.165, 1.54) is 24.8 Å². The van der Waals surface area contributed by atoms with E-state index in [0.29, 0.717) is 19.8 Å². The number of nitrogens with zero attached hydrogens (tertiary/aromatic N) is 1. The molecule has 1 fully saturated rings. The third-order valence-electron chi connectivity index (χ3n) is 5.47. The molecule has 27 heavy (non-hydrogen) atoms. The summed E-state index contributed by atoms with van der Waals surface area (Å²) < 4.78 is 17.3. The van der Waals surface area contributed by atoms with Gasteiger partial charge in [-0.05, 0) is 54.5 Å². The number of ether oxygens (including phenoxy) is 3. The summed E-state index contributed by atoms with van der Waals surface area (Å²) in [6.45, 7) is 1.84. The first-order valence-corrected chi connectivity index (χ1v) is 9.79. The van der Waals surface area contributed by atoms with Crippen LogP contribution in [0.1, 0.15) is 42.4 Å². The van der Waals surface area contributed by atoms with Gasteiger partial charge < -0.3 is 14.2 Å². The van der Waals surface area contributed by atoms with Crippen molar-refractivity contribution in [2.45, 2.75) is 44.2 Å². The second-order valence-corrected chi connectivity index (χ2v) is 7.48. The van der Waals surface area contributed by atoms with E-state index in [1.54, 1.807) is 7.11 Å². The zero-order valence-electron chi connectivity index (χ0n) is 15.9. The Morgan fingerprint density at radius 2 is 1.81 bits per heavy atom. The Bertz CT molecular complexity index is 797. The highest BCUT2D eigenvalue weighted by atomic mass is 16.5. The average molecular weight is 365 g/mol. The summed E-state index contributed by atoms with van der Waals surface area (Å²) in [5.41, 5.74) is 3.76. The lowest BCUT2D eigenvalue weighted by atomic mass is 9.71. The van der Waals surface area contributed by atoms with E-state index >= 15 is 0 Å². The third-order valence-corrected chi connectivity index (χ3v) is 5.47. The van der Waals surface area contributed by atoms with Crippen LogP contribution < -0.4 is 9.47 Å². The Hall–Kier alpha value is -2.33. The zero-order chi connectivity index (χ0) is 18.5. The van der Waals surface area contributed by atoms with Gasteiger partial charge in [-0.3, -0.25) is 4.99 Å². The van der Waals surface area contributed by atoms with Crippen LogP contribution >= 0.6 is 0 Å². The van der Waals surface area contributed by atoms with E-state index in [-0.39, 0.29) is 5.54 Å². The maximum absolute atomic E-state index is 6.12. The number of hydrogen-bond donors (Lipinski definition) is 0. The first-order chi connectivity index (χ1) is 13.3. The maximum Gasteiger partial charge on any atom is 0.162 e. The van der Waals surface area contributed by atoms with Gasteiger partial charge in [0.15, 0.2) is 11.5 Å². The number of benzene rings is 2. The molecule has 4 heteroatoms. The van der Waals surface area contributed by atoms with E-state index in [9.17, 15) is 0 Å². The lowest BCUT2D eigenvalue weighted by Crippen LogP contribution is -2.39. The third kappa shape index (κ3) is 4.16. The van der Waals surface area contributed by atoms with E-state index in [1.807, 2.05) is 24.4 Å². The summed E-state index contributed by atoms with van der Waals surface area (Å²) in [4.78, 5) is 4.85. The molecule has 1 heterocycles. The van der Waals surface area contributed by atoms with E-state index in [0.717, 1.165) is 35.5 Å². The van der Waals surface area contributed by atoms with E-state index < -0.39 is 0 Å². The largest absolute Gasteiger partial charge is 0.490 e. The number of hydrogen-bond acceptors (Lipinski definition) is 4. The van der Waals surface area contributed by atoms with Gasteiger partial charge in [0.25, 0.3) is 0 Å². The van der Waals surface area contributed by atoms with Crippen LogP contribution in [-0.2, 0) is 17.8 Å². The molecule has 0 saturated heterocycles. The molecule has 0 aromatic heterocycles. The Balaban J connectivity index is 1.54. The molecular formula is C23H27NO3. The van der Waals surface area contributed by atoms with Crippen molar-refractivity contribution in [3.05, 3.63) is 59.2 Å². The smallest absolute Gasteiger partial charge is 0.162 e. The molecule has 1 aliphatic heterocycles. The molecule has 0 N–H and O–H groups in total. The van der Waals surface area contributed by atoms with E-state index in [2.05, 4.69) is 24.3 Å². The molecule has 1 spiro atoms. The highest BCUT2D eigenvalue weighted by molar-refractivity contribution is 5.85. The standard InChI is InChI=1S/C23H27NO3/c1-25-11-6-12-26-21-13-19-15-23(9-5-10-23)24-16-20(19)14-22(21)27-17-18-7-3-2-4-8-18/h2-4,7-8,13-14,16H,5-6,9-12,15,17H2,1H3. The number of aliphatic imine (C=N–C) groups is 1. The van der Waals surface area contributed by atoms with Crippen LogP contribution in [0.2, 0.25) is 0 Å². The second kappa shape index (κ2) is 8.13. The van der Waals surface area contributed by atoms with Crippen LogP contribution in [0.5, 0.6) is 11.5 Å². The summed E-state index contributed by atoms with van der Waals surface area (Å²) in [7, 11) is 1.71. The van der Waals surface area contributed by atoms with Crippen molar-refractivity contribution in [1.29, 1.82) is 0 Å². The van der Waals surface area contributed by atoms with Gasteiger partial charge in [0.1, 0.15) is 6.61 Å². The molecule has 0 atom stereocenters. The van der Waals surface area contributed by atoms with Crippen LogP contribution in [0.3, 0.4) is 0 Å². The quantitative estimate of drug-likeness (QED) is 0.643. The van der Waals surface area contributed by atoms with Gasteiger partial charge in [-0.1, -0.05) is 30.3 Å². The Labute approximate surface area is 161 Å². The molecule has 1 aliphatic carbocycles. The number of rotatable bonds is 8. The SMILES string of the molecule is COCCCOc1cc2c(cc1OCc1ccccc1)C=NC1(CCC1)C2. The van der Waals surface area contributed by atoms with Crippen molar-refractivity contribution in [2.24, 2.45) is 4.99 Å². The number of fused-ring (bicyclic) bond motifs is 1. The second-order valence-electron chi connectivity index (χ2n) is 7.48. The first kappa shape index (κ1) is 18.1. The highest BCUT2D eigenvalue weighted by Gasteiger charge is 2.38. The Kier molecular flexibility index (Phi) is 5.44. The van der Waals surface area contributed by atoms with Gasteiger partial charge >= 0.3 is 0 Å². The Morgan fingerprint density at radius 3 is 2.56 bits per heavy atom. The molecule has 2 aromatic carbocycles. The fourth-order valence-electron chi connectivity index (χ4n) is 3.73. The molecule has 4 rings (SSSR count). The first-order valence-electron chi connectivity index (χ1n) is 9.79. The van der Waals surface area contributed by atoms with Crippen LogP contribution in [0, 0.1) is 0 Å². The van der Waals surface area contributed by atoms with Crippen molar-refractivity contribution in [3.63, 3.8) is 0 Å². The fourth-order valence-corrected chi connectivity index (χ4v) is 3.73. The number of methoxy groups -OCH3 is 1. The molecule has 2 aliphatic rings. The minimum Gasteiger partial charge on any atom is -0.490 e. The summed E-state index contributed by atoms with van der Waals surface area (Å²) in [6, 6.07) is 14.4. The van der Waals surface area contributed by atoms with Gasteiger partial charge in [-0.15, -0.1) is 0 Å². The van der Waals surface area contributed by atoms with Crippen LogP contribution in [0.15, 0.2) is 47.5 Å². The van der Waals surface area contributed by atoms with Crippen molar-refractivity contribution >= 4 is 6.21 Å². The summed E-state index contributed by atoms with van der Waals surface area (Å²) in [5.74, 6) is 1.61. The minimum atomic E-state index is 0.146. The molecule has 4 nitrogen and oxygen atoms in total. The molecule has 2 aromatic rings. The van der Waals surface area contributed by atoms with Gasteiger partial charge in [0.05, 0.1) is 12.1 Å². The minimum absolute atomic E-state index is 0.146. The van der Waals surface area contributed by atoms with Gasteiger partial charge in [-0.25, -0.2) is 0 Å². The fraction of sp³-hybridized carbons (Fsp3) is 0.435. The lowest BCUT2D eigenvalue weighted by Gasteiger charge is -2.40. The molecule has 0 bridgehead atoms. The molecule has 0 radical (unpaired) electrons. The van der Waals surface area contributed by atoms with Gasteiger partial charge in [0.2, 0.25) is 0 Å². The summed E-state index contributed by atoms with van der Waals surface area (Å²) in [5, 5.41) is 0. The monoisotopic (exact) mass is 365 g/mol. The molecule has 1 saturated carbocycles. The van der Waals surface area contributed by atoms with Crippen LogP contribution in [0.25, 0.3) is 0 Å². The van der Waals surface area contributed by atoms with E-state index in [4.69, 9.17) is 19.2 Å². The topological polar surface area (TPSA) is 40.0 Å². The van der Waals surface area contributed by atoms with Gasteiger partial charge in [0, 0.05) is 26.4 Å². The molecular weight excluding hydrogens is 338 g/mol. The highest BCUT2D eigenvalue weighted by Crippen LogP contribution is 2.43. The maximum atomic E-state index is 6.12. The average Bonchev–Trinajstić information content (AvgIpc) is 2.68. The summed E-state index contributed by atoms with van der Waals surface area (Å²) >= 11 is 0. The lowest BCUT2D eigenvalue weighted by molar-refractivity contribution is 0.169. The molecule has 0 amide bonds. The van der Waals surface area contributed by atoms with Crippen molar-refractivity contribution < 1.29 is 14.2 Å². The van der Waals surface area contributed by atoms with Gasteiger partial charge in [-0.2, -0.15) is 0 Å². The van der Waals surface area contributed by atoms with Crippen LogP contribution in [-0.4, -0.2) is 32.1 Å². The summed E-state index contributed by atoms with van der Waals surface area (Å²) in [6.07, 6.45) is 7.56. The Morgan fingerprint density at radius 1 is 1.00 bits per heavy atom. The van der Waals surface area contributed by atoms with Crippen molar-refractivity contribution in [2.75, 3.05) is 20.3 Å². The predicted molar refractivity (Wildman–Crippen MR) is 107 cm³/mol. The molecule has 0 unspecified atom stereocenters. The normalized spacial score (nSPS) is 16.6. The van der Waals surface area contributed by atoms with Crippen LogP contribution in [0.4, 0.5) is 0 Å². The predicted octanol–water partition coefficient (Wildman–Crippen LogP) is 4.58. The van der Waals surface area contributed by atoms with Crippen molar-refractivity contribution in [3.8, 4) is 11.5 Å². The van der Waals surface area contributed by atoms with Crippen molar-refractivity contribution in [1.82, 2.24) is 0 Å².